The number of aliphatic hydroxyl groups excluding tert-OH is 1. The first-order valence-electron chi connectivity index (χ1n) is 4.36. The summed E-state index contributed by atoms with van der Waals surface area (Å²) in [5, 5.41) is 15.3. The Labute approximate surface area is 115 Å². The molecule has 0 aliphatic heterocycles. The van der Waals surface area contributed by atoms with Gasteiger partial charge in [0.25, 0.3) is 5.91 Å². The first-order valence-corrected chi connectivity index (χ1v) is 10.6. The second-order valence-electron chi connectivity index (χ2n) is 3.23. The summed E-state index contributed by atoms with van der Waals surface area (Å²) < 4.78 is 0. The standard InChI is InChI=1S/C8H19N3O2.I2/c1-6(9-2)7(12)8(13)11(5)10(3)4;1-2/h6-7,9,12H,1-5H3;. The van der Waals surface area contributed by atoms with Gasteiger partial charge in [-0.05, 0) is 14.0 Å². The molecule has 0 bridgehead atoms. The van der Waals surface area contributed by atoms with E-state index in [-0.39, 0.29) is 11.9 Å². The van der Waals surface area contributed by atoms with Crippen molar-refractivity contribution in [1.82, 2.24) is 15.3 Å². The number of rotatable bonds is 4. The number of amides is 1. The molecule has 2 unspecified atom stereocenters. The van der Waals surface area contributed by atoms with E-state index in [9.17, 15) is 9.90 Å². The van der Waals surface area contributed by atoms with Crippen molar-refractivity contribution in [3.05, 3.63) is 0 Å². The fourth-order valence-corrected chi connectivity index (χ4v) is 0.760. The minimum atomic E-state index is -1.00. The fourth-order valence-electron chi connectivity index (χ4n) is 0.760. The predicted molar refractivity (Wildman–Crippen MR) is 79.0 cm³/mol. The van der Waals surface area contributed by atoms with Crippen molar-refractivity contribution >= 4 is 43.1 Å². The van der Waals surface area contributed by atoms with Gasteiger partial charge in [-0.1, -0.05) is 0 Å². The molecule has 0 heterocycles. The Bertz CT molecular complexity index is 181. The number of hydrogen-bond donors (Lipinski definition) is 2. The van der Waals surface area contributed by atoms with Gasteiger partial charge < -0.3 is 10.4 Å². The highest BCUT2D eigenvalue weighted by Gasteiger charge is 2.25. The molecule has 0 aromatic carbocycles. The summed E-state index contributed by atoms with van der Waals surface area (Å²) in [7, 11) is 6.81. The molecular formula is C8H19I2N3O2. The van der Waals surface area contributed by atoms with E-state index in [1.54, 1.807) is 40.1 Å². The maximum Gasteiger partial charge on any atom is 0.267 e. The average molecular weight is 443 g/mol. The van der Waals surface area contributed by atoms with Crippen LogP contribution < -0.4 is 5.32 Å². The van der Waals surface area contributed by atoms with Gasteiger partial charge in [-0.2, -0.15) is 0 Å². The van der Waals surface area contributed by atoms with Crippen LogP contribution in [0.5, 0.6) is 0 Å². The zero-order valence-corrected chi connectivity index (χ0v) is 14.0. The molecule has 7 heteroatoms. The molecule has 15 heavy (non-hydrogen) atoms. The lowest BCUT2D eigenvalue weighted by atomic mass is 10.2. The van der Waals surface area contributed by atoms with Gasteiger partial charge in [0.1, 0.15) is 6.10 Å². The number of carbonyl (C=O) groups excluding carboxylic acids is 1. The highest BCUT2D eigenvalue weighted by molar-refractivity contribution is 15.0. The Hall–Kier alpha value is 0.810. The van der Waals surface area contributed by atoms with Crippen LogP contribution in [-0.2, 0) is 4.79 Å². The number of hydrogen-bond acceptors (Lipinski definition) is 4. The van der Waals surface area contributed by atoms with Gasteiger partial charge >= 0.3 is 0 Å². The second kappa shape index (κ2) is 10.00. The molecule has 0 aromatic heterocycles. The van der Waals surface area contributed by atoms with Crippen LogP contribution >= 0.6 is 37.2 Å². The van der Waals surface area contributed by atoms with Crippen LogP contribution in [0.25, 0.3) is 0 Å². The molecule has 2 N–H and O–H groups in total. The van der Waals surface area contributed by atoms with E-state index in [0.717, 1.165) is 0 Å². The zero-order chi connectivity index (χ0) is 12.6. The SMILES string of the molecule is CNC(C)C(O)C(=O)N(C)N(C)C.II. The summed E-state index contributed by atoms with van der Waals surface area (Å²) in [6.07, 6.45) is -1.00. The van der Waals surface area contributed by atoms with Crippen molar-refractivity contribution in [3.8, 4) is 0 Å². The van der Waals surface area contributed by atoms with Crippen LogP contribution in [-0.4, -0.2) is 61.4 Å². The van der Waals surface area contributed by atoms with Gasteiger partial charge in [0.05, 0.1) is 0 Å². The monoisotopic (exact) mass is 443 g/mol. The lowest BCUT2D eigenvalue weighted by Crippen LogP contribution is -2.50. The van der Waals surface area contributed by atoms with Gasteiger partial charge in [0, 0.05) is 64.4 Å². The van der Waals surface area contributed by atoms with Gasteiger partial charge in [-0.3, -0.25) is 9.80 Å². The Balaban J connectivity index is 0. The third kappa shape index (κ3) is 6.87. The molecule has 5 nitrogen and oxygen atoms in total. The number of carbonyl (C=O) groups is 1. The van der Waals surface area contributed by atoms with Crippen LogP contribution in [0.3, 0.4) is 0 Å². The van der Waals surface area contributed by atoms with Crippen LogP contribution in [0.15, 0.2) is 0 Å². The van der Waals surface area contributed by atoms with Crippen molar-refractivity contribution in [1.29, 1.82) is 0 Å². The summed E-state index contributed by atoms with van der Waals surface area (Å²) in [5.74, 6) is -0.313. The van der Waals surface area contributed by atoms with E-state index in [2.05, 4.69) is 42.5 Å². The molecule has 0 spiro atoms. The molecule has 0 saturated heterocycles. The molecule has 0 fully saturated rings. The van der Waals surface area contributed by atoms with Gasteiger partial charge in [0.15, 0.2) is 0 Å². The topological polar surface area (TPSA) is 55.8 Å². The van der Waals surface area contributed by atoms with E-state index in [1.165, 1.54) is 5.01 Å². The van der Waals surface area contributed by atoms with E-state index < -0.39 is 6.10 Å². The van der Waals surface area contributed by atoms with Gasteiger partial charge in [-0.25, -0.2) is 5.01 Å². The molecule has 0 aliphatic rings. The molecule has 2 atom stereocenters. The minimum Gasteiger partial charge on any atom is -0.382 e. The summed E-state index contributed by atoms with van der Waals surface area (Å²) in [6, 6.07) is -0.241. The molecule has 0 aromatic rings. The lowest BCUT2D eigenvalue weighted by molar-refractivity contribution is -0.152. The summed E-state index contributed by atoms with van der Waals surface area (Å²) >= 11 is 4.24. The van der Waals surface area contributed by atoms with Crippen molar-refractivity contribution in [3.63, 3.8) is 0 Å². The highest BCUT2D eigenvalue weighted by atomic mass is 128. The maximum absolute atomic E-state index is 11.5. The number of halogens is 2. The minimum absolute atomic E-state index is 0.241. The van der Waals surface area contributed by atoms with E-state index in [0.29, 0.717) is 0 Å². The molecule has 0 saturated carbocycles. The summed E-state index contributed by atoms with van der Waals surface area (Å²) in [5.41, 5.74) is 0. The number of hydrazine groups is 1. The number of aliphatic hydroxyl groups is 1. The van der Waals surface area contributed by atoms with Crippen molar-refractivity contribution in [2.24, 2.45) is 0 Å². The van der Waals surface area contributed by atoms with Crippen molar-refractivity contribution in [2.75, 3.05) is 28.2 Å². The quantitative estimate of drug-likeness (QED) is 0.496. The Morgan fingerprint density at radius 1 is 1.33 bits per heavy atom. The van der Waals surface area contributed by atoms with Crippen LogP contribution in [0.2, 0.25) is 0 Å². The van der Waals surface area contributed by atoms with Crippen molar-refractivity contribution in [2.45, 2.75) is 19.1 Å². The molecule has 1 amide bonds. The van der Waals surface area contributed by atoms with Gasteiger partial charge in [0.2, 0.25) is 0 Å². The smallest absolute Gasteiger partial charge is 0.267 e. The van der Waals surface area contributed by atoms with E-state index >= 15 is 0 Å². The third-order valence-electron chi connectivity index (χ3n) is 2.10. The van der Waals surface area contributed by atoms with E-state index in [4.69, 9.17) is 0 Å². The fraction of sp³-hybridized carbons (Fsp3) is 0.875. The highest BCUT2D eigenvalue weighted by Crippen LogP contribution is 1.98. The number of likely N-dealkylation sites (N-methyl/N-ethyl adjacent to an activating group) is 2. The summed E-state index contributed by atoms with van der Waals surface area (Å²) in [6.45, 7) is 1.76. The van der Waals surface area contributed by atoms with Crippen LogP contribution in [0.4, 0.5) is 0 Å². The van der Waals surface area contributed by atoms with E-state index in [1.807, 2.05) is 0 Å². The summed E-state index contributed by atoms with van der Waals surface area (Å²) in [4.78, 5) is 11.5. The lowest BCUT2D eigenvalue weighted by Gasteiger charge is -2.28. The van der Waals surface area contributed by atoms with Gasteiger partial charge in [-0.15, -0.1) is 0 Å². The number of nitrogens with zero attached hydrogens (tertiary/aromatic N) is 2. The Kier molecular flexibility index (Phi) is 12.1. The molecule has 0 aliphatic carbocycles. The zero-order valence-electron chi connectivity index (χ0n) is 9.66. The van der Waals surface area contributed by atoms with Crippen LogP contribution in [0.1, 0.15) is 6.92 Å². The first kappa shape index (κ1) is 18.2. The second-order valence-corrected chi connectivity index (χ2v) is 3.23. The normalized spacial score (nSPS) is 13.9. The van der Waals surface area contributed by atoms with Crippen LogP contribution in [0, 0.1) is 0 Å². The first-order chi connectivity index (χ1) is 6.91. The Morgan fingerprint density at radius 3 is 2.00 bits per heavy atom. The third-order valence-corrected chi connectivity index (χ3v) is 2.10. The molecule has 0 radical (unpaired) electrons. The molecular weight excluding hydrogens is 424 g/mol. The largest absolute Gasteiger partial charge is 0.382 e. The Morgan fingerprint density at radius 2 is 1.73 bits per heavy atom. The molecule has 0 rings (SSSR count). The van der Waals surface area contributed by atoms with Crippen molar-refractivity contribution < 1.29 is 9.90 Å². The predicted octanol–water partition coefficient (Wildman–Crippen LogP) is 0.662. The maximum atomic E-state index is 11.5. The number of nitrogens with one attached hydrogen (secondary N) is 1. The average Bonchev–Trinajstić information content (AvgIpc) is 2.27. The molecule has 92 valence electrons.